The molecule has 1 rings (SSSR count). The molecular formula is C11H25N3O. The molecule has 1 saturated heterocycles. The van der Waals surface area contributed by atoms with Gasteiger partial charge in [0.1, 0.15) is 0 Å². The fraction of sp³-hybridized carbons (Fsp3) is 1.00. The van der Waals surface area contributed by atoms with Crippen LogP contribution in [0.2, 0.25) is 0 Å². The molecule has 0 aromatic carbocycles. The van der Waals surface area contributed by atoms with Crippen molar-refractivity contribution in [3.05, 3.63) is 0 Å². The van der Waals surface area contributed by atoms with Crippen molar-refractivity contribution in [3.8, 4) is 0 Å². The Kier molecular flexibility index (Phi) is 5.53. The van der Waals surface area contributed by atoms with Crippen LogP contribution in [-0.4, -0.2) is 68.8 Å². The van der Waals surface area contributed by atoms with Crippen molar-refractivity contribution in [2.45, 2.75) is 25.5 Å². The van der Waals surface area contributed by atoms with Crippen LogP contribution >= 0.6 is 0 Å². The Labute approximate surface area is 93.4 Å². The molecule has 0 spiro atoms. The van der Waals surface area contributed by atoms with Crippen molar-refractivity contribution < 1.29 is 4.74 Å². The van der Waals surface area contributed by atoms with Gasteiger partial charge in [-0.25, -0.2) is 0 Å². The Morgan fingerprint density at radius 2 is 2.20 bits per heavy atom. The lowest BCUT2D eigenvalue weighted by Crippen LogP contribution is -2.44. The smallest absolute Gasteiger partial charge is 0.0820 e. The average molecular weight is 215 g/mol. The molecule has 2 atom stereocenters. The maximum atomic E-state index is 5.65. The Hall–Kier alpha value is -0.160. The van der Waals surface area contributed by atoms with Crippen LogP contribution in [0, 0.1) is 0 Å². The van der Waals surface area contributed by atoms with Gasteiger partial charge in [0.25, 0.3) is 0 Å². The summed E-state index contributed by atoms with van der Waals surface area (Å²) in [6.45, 7) is 7.34. The van der Waals surface area contributed by atoms with Crippen LogP contribution in [0.1, 0.15) is 13.3 Å². The quantitative estimate of drug-likeness (QED) is 0.716. The molecule has 0 aromatic heterocycles. The second-order valence-corrected chi connectivity index (χ2v) is 4.55. The van der Waals surface area contributed by atoms with Crippen LogP contribution in [0.25, 0.3) is 0 Å². The van der Waals surface area contributed by atoms with Crippen LogP contribution < -0.4 is 5.73 Å². The summed E-state index contributed by atoms with van der Waals surface area (Å²) in [5.74, 6) is 0. The van der Waals surface area contributed by atoms with Crippen molar-refractivity contribution in [3.63, 3.8) is 0 Å². The van der Waals surface area contributed by atoms with Gasteiger partial charge in [0.2, 0.25) is 0 Å². The van der Waals surface area contributed by atoms with Gasteiger partial charge in [0.15, 0.2) is 0 Å². The summed E-state index contributed by atoms with van der Waals surface area (Å²) in [6, 6.07) is 0.599. The molecule has 0 aromatic rings. The summed E-state index contributed by atoms with van der Waals surface area (Å²) >= 11 is 0. The van der Waals surface area contributed by atoms with E-state index in [1.165, 1.54) is 13.0 Å². The highest BCUT2D eigenvalue weighted by molar-refractivity contribution is 4.77. The monoisotopic (exact) mass is 215 g/mol. The molecule has 0 aliphatic carbocycles. The summed E-state index contributed by atoms with van der Waals surface area (Å²) in [6.07, 6.45) is 1.41. The van der Waals surface area contributed by atoms with E-state index in [-0.39, 0.29) is 6.10 Å². The van der Waals surface area contributed by atoms with E-state index < -0.39 is 0 Å². The minimum atomic E-state index is 0.177. The fourth-order valence-electron chi connectivity index (χ4n) is 2.20. The Balaban J connectivity index is 2.44. The second-order valence-electron chi connectivity index (χ2n) is 4.55. The average Bonchev–Trinajstić information content (AvgIpc) is 2.36. The van der Waals surface area contributed by atoms with Gasteiger partial charge in [-0.2, -0.15) is 0 Å². The lowest BCUT2D eigenvalue weighted by atomic mass is 10.2. The number of methoxy groups -OCH3 is 1. The lowest BCUT2D eigenvalue weighted by Gasteiger charge is -2.30. The first-order chi connectivity index (χ1) is 7.17. The minimum Gasteiger partial charge on any atom is -0.379 e. The summed E-state index contributed by atoms with van der Waals surface area (Å²) in [7, 11) is 3.93. The molecule has 4 nitrogen and oxygen atoms in total. The van der Waals surface area contributed by atoms with Gasteiger partial charge in [-0.05, 0) is 33.5 Å². The molecule has 1 aliphatic rings. The van der Waals surface area contributed by atoms with Crippen molar-refractivity contribution in [2.24, 2.45) is 5.73 Å². The zero-order valence-corrected chi connectivity index (χ0v) is 10.3. The van der Waals surface area contributed by atoms with Gasteiger partial charge in [-0.1, -0.05) is 0 Å². The summed E-state index contributed by atoms with van der Waals surface area (Å²) in [4.78, 5) is 4.89. The number of ether oxygens (including phenoxy) is 1. The maximum absolute atomic E-state index is 5.65. The topological polar surface area (TPSA) is 41.7 Å². The van der Waals surface area contributed by atoms with Crippen LogP contribution in [-0.2, 0) is 4.74 Å². The first kappa shape index (κ1) is 12.9. The van der Waals surface area contributed by atoms with Crippen LogP contribution in [0.15, 0.2) is 0 Å². The van der Waals surface area contributed by atoms with E-state index >= 15 is 0 Å². The molecule has 4 heteroatoms. The number of rotatable bonds is 4. The van der Waals surface area contributed by atoms with Gasteiger partial charge in [-0.3, -0.25) is 4.90 Å². The summed E-state index contributed by atoms with van der Waals surface area (Å²) in [5.41, 5.74) is 5.65. The molecule has 1 fully saturated rings. The van der Waals surface area contributed by atoms with E-state index in [1.807, 2.05) is 0 Å². The third kappa shape index (κ3) is 4.07. The van der Waals surface area contributed by atoms with E-state index in [4.69, 9.17) is 10.5 Å². The van der Waals surface area contributed by atoms with Gasteiger partial charge in [-0.15, -0.1) is 0 Å². The first-order valence-electron chi connectivity index (χ1n) is 5.82. The highest BCUT2D eigenvalue weighted by atomic mass is 16.5. The van der Waals surface area contributed by atoms with Gasteiger partial charge in [0, 0.05) is 32.8 Å². The molecule has 0 saturated carbocycles. The predicted octanol–water partition coefficient (Wildman–Crippen LogP) is -0.0139. The van der Waals surface area contributed by atoms with Gasteiger partial charge < -0.3 is 15.4 Å². The van der Waals surface area contributed by atoms with E-state index in [9.17, 15) is 0 Å². The van der Waals surface area contributed by atoms with Crippen LogP contribution in [0.3, 0.4) is 0 Å². The molecule has 0 radical (unpaired) electrons. The van der Waals surface area contributed by atoms with E-state index in [0.29, 0.717) is 12.6 Å². The van der Waals surface area contributed by atoms with Gasteiger partial charge >= 0.3 is 0 Å². The highest BCUT2D eigenvalue weighted by Crippen LogP contribution is 2.09. The third-order valence-corrected chi connectivity index (χ3v) is 3.22. The lowest BCUT2D eigenvalue weighted by molar-refractivity contribution is 0.0573. The zero-order valence-electron chi connectivity index (χ0n) is 10.3. The minimum absolute atomic E-state index is 0.177. The Bertz CT molecular complexity index is 173. The molecule has 0 amide bonds. The number of nitrogens with two attached hydrogens (primary N) is 1. The van der Waals surface area contributed by atoms with Crippen molar-refractivity contribution >= 4 is 0 Å². The summed E-state index contributed by atoms with van der Waals surface area (Å²) in [5, 5.41) is 0. The maximum Gasteiger partial charge on any atom is 0.0820 e. The van der Waals surface area contributed by atoms with E-state index in [0.717, 1.165) is 19.6 Å². The first-order valence-corrected chi connectivity index (χ1v) is 5.82. The van der Waals surface area contributed by atoms with Crippen LogP contribution in [0.4, 0.5) is 0 Å². The van der Waals surface area contributed by atoms with Crippen LogP contribution in [0.5, 0.6) is 0 Å². The SMILES string of the molecule is COC(CN)CN1CCCN(C)CC1C. The Morgan fingerprint density at radius 3 is 2.80 bits per heavy atom. The van der Waals surface area contributed by atoms with Crippen molar-refractivity contribution in [1.82, 2.24) is 9.80 Å². The number of hydrogen-bond donors (Lipinski definition) is 1. The highest BCUT2D eigenvalue weighted by Gasteiger charge is 2.21. The fourth-order valence-corrected chi connectivity index (χ4v) is 2.20. The number of nitrogens with zero attached hydrogens (tertiary/aromatic N) is 2. The van der Waals surface area contributed by atoms with E-state index in [2.05, 4.69) is 23.8 Å². The third-order valence-electron chi connectivity index (χ3n) is 3.22. The van der Waals surface area contributed by atoms with Crippen molar-refractivity contribution in [1.29, 1.82) is 0 Å². The standard InChI is InChI=1S/C11H25N3O/c1-10-8-13(2)5-4-6-14(10)9-11(7-12)15-3/h10-11H,4-9,12H2,1-3H3. The largest absolute Gasteiger partial charge is 0.379 e. The molecule has 2 N–H and O–H groups in total. The van der Waals surface area contributed by atoms with E-state index in [1.54, 1.807) is 7.11 Å². The second kappa shape index (κ2) is 6.43. The molecule has 90 valence electrons. The van der Waals surface area contributed by atoms with Crippen molar-refractivity contribution in [2.75, 3.05) is 46.9 Å². The number of hydrogen-bond acceptors (Lipinski definition) is 4. The van der Waals surface area contributed by atoms with Gasteiger partial charge in [0.05, 0.1) is 6.10 Å². The zero-order chi connectivity index (χ0) is 11.3. The number of likely N-dealkylation sites (N-methyl/N-ethyl adjacent to an activating group) is 1. The molecule has 15 heavy (non-hydrogen) atoms. The molecule has 0 bridgehead atoms. The Morgan fingerprint density at radius 1 is 1.47 bits per heavy atom. The molecule has 1 aliphatic heterocycles. The molecule has 2 unspecified atom stereocenters. The summed E-state index contributed by atoms with van der Waals surface area (Å²) < 4.78 is 5.34. The predicted molar refractivity (Wildman–Crippen MR) is 63.0 cm³/mol. The molecular weight excluding hydrogens is 190 g/mol. The molecule has 1 heterocycles. The normalized spacial score (nSPS) is 27.6.